The average molecular weight is 241 g/mol. The van der Waals surface area contributed by atoms with Gasteiger partial charge in [0.2, 0.25) is 0 Å². The highest BCUT2D eigenvalue weighted by molar-refractivity contribution is 7.09. The van der Waals surface area contributed by atoms with Crippen LogP contribution in [0.3, 0.4) is 0 Å². The Hall–Kier alpha value is -0.450. The molecule has 0 aromatic carbocycles. The predicted octanol–water partition coefficient (Wildman–Crippen LogP) is 2.40. The molecule has 16 heavy (non-hydrogen) atoms. The molecule has 0 bridgehead atoms. The van der Waals surface area contributed by atoms with E-state index in [9.17, 15) is 5.11 Å². The topological polar surface area (TPSA) is 42.4 Å². The lowest BCUT2D eigenvalue weighted by Gasteiger charge is -2.39. The molecule has 1 unspecified atom stereocenters. The molecule has 0 spiro atoms. The van der Waals surface area contributed by atoms with Crippen molar-refractivity contribution in [1.82, 2.24) is 4.98 Å². The van der Waals surface area contributed by atoms with E-state index in [0.29, 0.717) is 6.42 Å². The van der Waals surface area contributed by atoms with Gasteiger partial charge >= 0.3 is 0 Å². The predicted molar refractivity (Wildman–Crippen MR) is 64.6 cm³/mol. The van der Waals surface area contributed by atoms with Gasteiger partial charge in [-0.15, -0.1) is 11.3 Å². The highest BCUT2D eigenvalue weighted by Gasteiger charge is 2.39. The van der Waals surface area contributed by atoms with Crippen LogP contribution in [0.5, 0.6) is 0 Å². The maximum atomic E-state index is 10.3. The molecule has 0 radical (unpaired) electrons. The van der Waals surface area contributed by atoms with Crippen molar-refractivity contribution in [3.63, 3.8) is 0 Å². The number of hydrogen-bond acceptors (Lipinski definition) is 4. The van der Waals surface area contributed by atoms with Gasteiger partial charge in [-0.1, -0.05) is 19.3 Å². The van der Waals surface area contributed by atoms with Gasteiger partial charge in [0.1, 0.15) is 0 Å². The highest BCUT2D eigenvalue weighted by atomic mass is 32.1. The molecule has 3 nitrogen and oxygen atoms in total. The van der Waals surface area contributed by atoms with Crippen molar-refractivity contribution in [2.45, 2.75) is 50.2 Å². The molecule has 1 aromatic heterocycles. The van der Waals surface area contributed by atoms with Crippen LogP contribution in [0.1, 0.15) is 37.1 Å². The van der Waals surface area contributed by atoms with Gasteiger partial charge in [0, 0.05) is 25.1 Å². The number of nitrogens with zero attached hydrogens (tertiary/aromatic N) is 1. The van der Waals surface area contributed by atoms with E-state index < -0.39 is 6.10 Å². The summed E-state index contributed by atoms with van der Waals surface area (Å²) in [5, 5.41) is 13.3. The fourth-order valence-electron chi connectivity index (χ4n) is 2.53. The molecule has 1 saturated carbocycles. The van der Waals surface area contributed by atoms with Gasteiger partial charge in [-0.2, -0.15) is 0 Å². The quantitative estimate of drug-likeness (QED) is 0.880. The average Bonchev–Trinajstić information content (AvgIpc) is 2.82. The largest absolute Gasteiger partial charge is 0.390 e. The van der Waals surface area contributed by atoms with Crippen LogP contribution in [0.25, 0.3) is 0 Å². The number of rotatable bonds is 4. The number of hydrogen-bond donors (Lipinski definition) is 1. The van der Waals surface area contributed by atoms with Crippen LogP contribution in [-0.2, 0) is 11.2 Å². The first-order valence-electron chi connectivity index (χ1n) is 5.88. The Morgan fingerprint density at radius 1 is 1.50 bits per heavy atom. The Balaban J connectivity index is 2.02. The first-order valence-corrected chi connectivity index (χ1v) is 6.76. The maximum Gasteiger partial charge on any atom is 0.0951 e. The lowest BCUT2D eigenvalue weighted by atomic mass is 9.79. The van der Waals surface area contributed by atoms with E-state index >= 15 is 0 Å². The van der Waals surface area contributed by atoms with Crippen molar-refractivity contribution in [2.75, 3.05) is 7.11 Å². The molecular weight excluding hydrogens is 222 g/mol. The van der Waals surface area contributed by atoms with Crippen molar-refractivity contribution < 1.29 is 9.84 Å². The summed E-state index contributed by atoms with van der Waals surface area (Å²) in [5.74, 6) is 0. The van der Waals surface area contributed by atoms with Gasteiger partial charge in [-0.25, -0.2) is 4.98 Å². The number of aliphatic hydroxyl groups excluding tert-OH is 1. The summed E-state index contributed by atoms with van der Waals surface area (Å²) >= 11 is 1.60. The first kappa shape index (κ1) is 12.0. The molecule has 1 aromatic rings. The zero-order chi connectivity index (χ0) is 11.4. The summed E-state index contributed by atoms with van der Waals surface area (Å²) < 4.78 is 5.62. The summed E-state index contributed by atoms with van der Waals surface area (Å²) in [6.45, 7) is 0. The van der Waals surface area contributed by atoms with E-state index in [0.717, 1.165) is 30.7 Å². The zero-order valence-corrected chi connectivity index (χ0v) is 10.5. The van der Waals surface area contributed by atoms with E-state index in [-0.39, 0.29) is 5.60 Å². The maximum absolute atomic E-state index is 10.3. The summed E-state index contributed by atoms with van der Waals surface area (Å²) in [4.78, 5) is 4.22. The standard InChI is InChI=1S/C12H19NO2S/c1-15-12(5-3-2-4-6-12)10(14)9-11-13-7-8-16-11/h7-8,10,14H,2-6,9H2,1H3. The molecule has 0 saturated heterocycles. The monoisotopic (exact) mass is 241 g/mol. The van der Waals surface area contributed by atoms with Crippen molar-refractivity contribution in [2.24, 2.45) is 0 Å². The van der Waals surface area contributed by atoms with Crippen molar-refractivity contribution in [3.05, 3.63) is 16.6 Å². The molecule has 4 heteroatoms. The Morgan fingerprint density at radius 3 is 2.81 bits per heavy atom. The Labute approximate surface area is 100 Å². The Bertz CT molecular complexity index is 307. The van der Waals surface area contributed by atoms with Crippen LogP contribution in [0.2, 0.25) is 0 Å². The Morgan fingerprint density at radius 2 is 2.25 bits per heavy atom. The van der Waals surface area contributed by atoms with E-state index in [4.69, 9.17) is 4.74 Å². The van der Waals surface area contributed by atoms with Crippen LogP contribution < -0.4 is 0 Å². The molecule has 1 atom stereocenters. The first-order chi connectivity index (χ1) is 7.77. The second-order valence-electron chi connectivity index (χ2n) is 4.48. The molecule has 1 N–H and O–H groups in total. The molecular formula is C12H19NO2S. The van der Waals surface area contributed by atoms with Gasteiger partial charge in [-0.3, -0.25) is 0 Å². The normalized spacial score (nSPS) is 21.9. The summed E-state index contributed by atoms with van der Waals surface area (Å²) in [7, 11) is 1.72. The molecule has 1 heterocycles. The van der Waals surface area contributed by atoms with Crippen LogP contribution in [-0.4, -0.2) is 28.9 Å². The van der Waals surface area contributed by atoms with Crippen LogP contribution in [0.15, 0.2) is 11.6 Å². The van der Waals surface area contributed by atoms with Gasteiger partial charge in [0.15, 0.2) is 0 Å². The third kappa shape index (κ3) is 2.44. The minimum atomic E-state index is -0.427. The SMILES string of the molecule is COC1(C(O)Cc2nccs2)CCCCC1. The number of methoxy groups -OCH3 is 1. The van der Waals surface area contributed by atoms with E-state index in [1.165, 1.54) is 6.42 Å². The zero-order valence-electron chi connectivity index (χ0n) is 9.69. The third-order valence-corrected chi connectivity index (χ3v) is 4.37. The molecule has 90 valence electrons. The van der Waals surface area contributed by atoms with E-state index in [1.807, 2.05) is 5.38 Å². The third-order valence-electron chi connectivity index (χ3n) is 3.57. The fourth-order valence-corrected chi connectivity index (χ4v) is 3.18. The molecule has 0 amide bonds. The van der Waals surface area contributed by atoms with Crippen LogP contribution in [0, 0.1) is 0 Å². The van der Waals surface area contributed by atoms with Crippen molar-refractivity contribution in [1.29, 1.82) is 0 Å². The summed E-state index contributed by atoms with van der Waals surface area (Å²) in [5.41, 5.74) is -0.329. The van der Waals surface area contributed by atoms with E-state index in [2.05, 4.69) is 4.98 Å². The minimum absolute atomic E-state index is 0.329. The summed E-state index contributed by atoms with van der Waals surface area (Å²) in [6.07, 6.45) is 7.48. The lowest BCUT2D eigenvalue weighted by molar-refractivity contribution is -0.122. The second kappa shape index (κ2) is 5.25. The molecule has 2 rings (SSSR count). The number of aromatic nitrogens is 1. The number of thiazole rings is 1. The van der Waals surface area contributed by atoms with E-state index in [1.54, 1.807) is 24.6 Å². The van der Waals surface area contributed by atoms with Gasteiger partial charge < -0.3 is 9.84 Å². The van der Waals surface area contributed by atoms with Crippen LogP contribution in [0.4, 0.5) is 0 Å². The minimum Gasteiger partial charge on any atom is -0.390 e. The number of aliphatic hydroxyl groups is 1. The second-order valence-corrected chi connectivity index (χ2v) is 5.45. The Kier molecular flexibility index (Phi) is 3.95. The molecule has 1 fully saturated rings. The van der Waals surface area contributed by atoms with Gasteiger partial charge in [-0.05, 0) is 12.8 Å². The van der Waals surface area contributed by atoms with Gasteiger partial charge in [0.25, 0.3) is 0 Å². The van der Waals surface area contributed by atoms with Gasteiger partial charge in [0.05, 0.1) is 16.7 Å². The van der Waals surface area contributed by atoms with Crippen molar-refractivity contribution in [3.8, 4) is 0 Å². The fraction of sp³-hybridized carbons (Fsp3) is 0.750. The van der Waals surface area contributed by atoms with Crippen LogP contribution >= 0.6 is 11.3 Å². The molecule has 1 aliphatic rings. The molecule has 0 aliphatic heterocycles. The van der Waals surface area contributed by atoms with Crippen molar-refractivity contribution >= 4 is 11.3 Å². The smallest absolute Gasteiger partial charge is 0.0951 e. The lowest BCUT2D eigenvalue weighted by Crippen LogP contribution is -2.46. The summed E-state index contributed by atoms with van der Waals surface area (Å²) in [6, 6.07) is 0. The number of ether oxygens (including phenoxy) is 1. The highest BCUT2D eigenvalue weighted by Crippen LogP contribution is 2.35. The molecule has 1 aliphatic carbocycles.